The smallest absolute Gasteiger partial charge is 0.255 e. The molecule has 1 unspecified atom stereocenters. The predicted octanol–water partition coefficient (Wildman–Crippen LogP) is 1.33. The van der Waals surface area contributed by atoms with Gasteiger partial charge in [-0.15, -0.1) is 12.4 Å². The lowest BCUT2D eigenvalue weighted by Gasteiger charge is -2.41. The molecule has 2 amide bonds. The van der Waals surface area contributed by atoms with Crippen molar-refractivity contribution in [2.75, 3.05) is 32.7 Å². The van der Waals surface area contributed by atoms with Crippen molar-refractivity contribution in [3.63, 3.8) is 0 Å². The van der Waals surface area contributed by atoms with Gasteiger partial charge in [0.05, 0.1) is 22.3 Å². The van der Waals surface area contributed by atoms with Crippen LogP contribution in [0.2, 0.25) is 0 Å². The highest BCUT2D eigenvalue weighted by molar-refractivity contribution is 7.92. The average molecular weight is 430 g/mol. The number of rotatable bonds is 4. The number of piperazine rings is 1. The van der Waals surface area contributed by atoms with Crippen LogP contribution in [0.3, 0.4) is 0 Å². The number of nitrogens with zero attached hydrogens (tertiary/aromatic N) is 2. The number of piperidine rings is 1. The number of hydrogen-bond acceptors (Lipinski definition) is 5. The largest absolute Gasteiger partial charge is 0.337 e. The summed E-state index contributed by atoms with van der Waals surface area (Å²) in [5.41, 5.74) is 0.221. The lowest BCUT2D eigenvalue weighted by Crippen LogP contribution is -2.57. The van der Waals surface area contributed by atoms with Crippen LogP contribution in [0, 0.1) is 0 Å². The molecule has 0 aliphatic carbocycles. The third-order valence-electron chi connectivity index (χ3n) is 5.30. The number of likely N-dealkylation sites (tertiary alicyclic amines) is 1. The molecule has 2 aliphatic heterocycles. The molecule has 9 heteroatoms. The summed E-state index contributed by atoms with van der Waals surface area (Å²) >= 11 is 0. The van der Waals surface area contributed by atoms with Crippen molar-refractivity contribution in [1.82, 2.24) is 15.1 Å². The molecule has 156 valence electrons. The van der Waals surface area contributed by atoms with Crippen LogP contribution >= 0.6 is 12.4 Å². The van der Waals surface area contributed by atoms with Crippen molar-refractivity contribution in [1.29, 1.82) is 0 Å². The van der Waals surface area contributed by atoms with Gasteiger partial charge >= 0.3 is 0 Å². The maximum atomic E-state index is 13.1. The summed E-state index contributed by atoms with van der Waals surface area (Å²) in [6.07, 6.45) is 1.66. The van der Waals surface area contributed by atoms with E-state index < -0.39 is 15.1 Å². The topological polar surface area (TPSA) is 86.8 Å². The van der Waals surface area contributed by atoms with Crippen LogP contribution in [0.15, 0.2) is 29.2 Å². The van der Waals surface area contributed by atoms with Gasteiger partial charge in [-0.05, 0) is 38.8 Å². The van der Waals surface area contributed by atoms with Gasteiger partial charge in [-0.1, -0.05) is 12.1 Å². The molecule has 0 radical (unpaired) electrons. The Morgan fingerprint density at radius 1 is 1.21 bits per heavy atom. The highest BCUT2D eigenvalue weighted by Crippen LogP contribution is 2.24. The van der Waals surface area contributed by atoms with E-state index in [9.17, 15) is 18.0 Å². The molecule has 2 heterocycles. The van der Waals surface area contributed by atoms with Crippen LogP contribution < -0.4 is 5.32 Å². The molecular formula is C19H28ClN3O4S. The summed E-state index contributed by atoms with van der Waals surface area (Å²) in [5.74, 6) is -0.217. The van der Waals surface area contributed by atoms with Crippen molar-refractivity contribution in [3.05, 3.63) is 29.8 Å². The zero-order chi connectivity index (χ0) is 19.6. The first-order valence-electron chi connectivity index (χ1n) is 9.44. The van der Waals surface area contributed by atoms with E-state index in [4.69, 9.17) is 0 Å². The van der Waals surface area contributed by atoms with Crippen LogP contribution in [-0.4, -0.2) is 74.0 Å². The number of sulfone groups is 1. The van der Waals surface area contributed by atoms with Gasteiger partial charge < -0.3 is 15.1 Å². The van der Waals surface area contributed by atoms with Gasteiger partial charge in [0.15, 0.2) is 9.84 Å². The standard InChI is InChI=1S/C19H27N3O4S.ClH/c1-14(2)27(25,26)17-8-4-3-7-16(17)19(24)21-10-5-6-15(13-21)22-11-9-20-12-18(22)23;/h3-4,7-8,14-15,20H,5-6,9-13H2,1-2H3;1H. The normalized spacial score (nSPS) is 20.8. The van der Waals surface area contributed by atoms with E-state index in [1.807, 2.05) is 4.90 Å². The molecule has 7 nitrogen and oxygen atoms in total. The SMILES string of the molecule is CC(C)S(=O)(=O)c1ccccc1C(=O)N1CCCC(N2CCNCC2=O)C1.Cl. The van der Waals surface area contributed by atoms with Crippen LogP contribution in [0.5, 0.6) is 0 Å². The maximum Gasteiger partial charge on any atom is 0.255 e. The van der Waals surface area contributed by atoms with Crippen LogP contribution in [0.25, 0.3) is 0 Å². The summed E-state index contributed by atoms with van der Waals surface area (Å²) in [6, 6.07) is 6.41. The fraction of sp³-hybridized carbons (Fsp3) is 0.579. The number of carbonyl (C=O) groups is 2. The van der Waals surface area contributed by atoms with Crippen molar-refractivity contribution >= 4 is 34.1 Å². The number of carbonyl (C=O) groups excluding carboxylic acids is 2. The van der Waals surface area contributed by atoms with Gasteiger partial charge in [-0.2, -0.15) is 0 Å². The third-order valence-corrected chi connectivity index (χ3v) is 7.51. The summed E-state index contributed by atoms with van der Waals surface area (Å²) in [5, 5.41) is 2.46. The quantitative estimate of drug-likeness (QED) is 0.780. The molecule has 1 aromatic carbocycles. The molecule has 28 heavy (non-hydrogen) atoms. The summed E-state index contributed by atoms with van der Waals surface area (Å²) in [6.45, 7) is 5.98. The van der Waals surface area contributed by atoms with Crippen LogP contribution in [0.1, 0.15) is 37.0 Å². The van der Waals surface area contributed by atoms with Gasteiger partial charge in [-0.3, -0.25) is 9.59 Å². The molecule has 0 bridgehead atoms. The number of benzene rings is 1. The van der Waals surface area contributed by atoms with Crippen molar-refractivity contribution in [2.45, 2.75) is 42.9 Å². The first-order valence-corrected chi connectivity index (χ1v) is 11.0. The Kier molecular flexibility index (Phi) is 7.47. The van der Waals surface area contributed by atoms with Gasteiger partial charge in [0.1, 0.15) is 0 Å². The van der Waals surface area contributed by atoms with Crippen LogP contribution in [0.4, 0.5) is 0 Å². The zero-order valence-electron chi connectivity index (χ0n) is 16.3. The maximum absolute atomic E-state index is 13.1. The highest BCUT2D eigenvalue weighted by atomic mass is 35.5. The van der Waals surface area contributed by atoms with E-state index in [2.05, 4.69) is 5.32 Å². The van der Waals surface area contributed by atoms with Crippen molar-refractivity contribution in [3.8, 4) is 0 Å². The Labute approximate surface area is 172 Å². The van der Waals surface area contributed by atoms with Gasteiger partial charge in [-0.25, -0.2) is 8.42 Å². The van der Waals surface area contributed by atoms with E-state index in [1.54, 1.807) is 36.9 Å². The monoisotopic (exact) mass is 429 g/mol. The average Bonchev–Trinajstić information content (AvgIpc) is 2.67. The third kappa shape index (κ3) is 4.50. The minimum absolute atomic E-state index is 0. The molecule has 1 N–H and O–H groups in total. The van der Waals surface area contributed by atoms with Gasteiger partial charge in [0.25, 0.3) is 5.91 Å². The number of nitrogens with one attached hydrogen (secondary N) is 1. The Bertz CT molecular complexity index is 828. The molecule has 2 fully saturated rings. The molecule has 3 rings (SSSR count). The number of amides is 2. The summed E-state index contributed by atoms with van der Waals surface area (Å²) in [4.78, 5) is 29.0. The second kappa shape index (κ2) is 9.24. The first-order chi connectivity index (χ1) is 12.8. The minimum Gasteiger partial charge on any atom is -0.337 e. The Balaban J connectivity index is 0.00000280. The second-order valence-corrected chi connectivity index (χ2v) is 9.87. The van der Waals surface area contributed by atoms with E-state index >= 15 is 0 Å². The Morgan fingerprint density at radius 2 is 1.93 bits per heavy atom. The molecule has 1 aromatic rings. The highest BCUT2D eigenvalue weighted by Gasteiger charge is 2.34. The molecule has 0 spiro atoms. The number of hydrogen-bond donors (Lipinski definition) is 1. The number of halogens is 1. The van der Waals surface area contributed by atoms with Crippen molar-refractivity contribution in [2.24, 2.45) is 0 Å². The minimum atomic E-state index is -3.55. The molecule has 1 atom stereocenters. The Morgan fingerprint density at radius 3 is 2.61 bits per heavy atom. The van der Waals surface area contributed by atoms with Crippen LogP contribution in [-0.2, 0) is 14.6 Å². The molecule has 2 aliphatic rings. The van der Waals surface area contributed by atoms with Crippen molar-refractivity contribution < 1.29 is 18.0 Å². The molecular weight excluding hydrogens is 402 g/mol. The molecule has 2 saturated heterocycles. The van der Waals surface area contributed by atoms with Gasteiger partial charge in [0.2, 0.25) is 5.91 Å². The van der Waals surface area contributed by atoms with E-state index in [0.717, 1.165) is 19.4 Å². The van der Waals surface area contributed by atoms with E-state index in [-0.39, 0.29) is 40.7 Å². The van der Waals surface area contributed by atoms with E-state index in [0.29, 0.717) is 26.2 Å². The lowest BCUT2D eigenvalue weighted by atomic mass is 10.0. The summed E-state index contributed by atoms with van der Waals surface area (Å²) in [7, 11) is -3.55. The lowest BCUT2D eigenvalue weighted by molar-refractivity contribution is -0.135. The Hall–Kier alpha value is -1.64. The first kappa shape index (κ1) is 22.6. The molecule has 0 saturated carbocycles. The summed E-state index contributed by atoms with van der Waals surface area (Å²) < 4.78 is 25.3. The fourth-order valence-electron chi connectivity index (χ4n) is 3.72. The zero-order valence-corrected chi connectivity index (χ0v) is 17.9. The molecule has 0 aromatic heterocycles. The second-order valence-electron chi connectivity index (χ2n) is 7.40. The fourth-order valence-corrected chi connectivity index (χ4v) is 4.95. The van der Waals surface area contributed by atoms with Gasteiger partial charge in [0, 0.05) is 32.2 Å². The van der Waals surface area contributed by atoms with E-state index in [1.165, 1.54) is 6.07 Å². The predicted molar refractivity (Wildman–Crippen MR) is 110 cm³/mol.